The number of hydrogen-bond acceptors (Lipinski definition) is 4. The van der Waals surface area contributed by atoms with Crippen molar-refractivity contribution in [2.45, 2.75) is 31.7 Å². The normalized spacial score (nSPS) is 27.9. The number of likely N-dealkylation sites (tertiary alicyclic amines) is 1. The van der Waals surface area contributed by atoms with Gasteiger partial charge in [0.15, 0.2) is 0 Å². The summed E-state index contributed by atoms with van der Waals surface area (Å²) in [5, 5.41) is 13.4. The summed E-state index contributed by atoms with van der Waals surface area (Å²) < 4.78 is 0. The third-order valence-electron chi connectivity index (χ3n) is 4.78. The average molecular weight is 269 g/mol. The summed E-state index contributed by atoms with van der Waals surface area (Å²) in [7, 11) is 4.42. The zero-order valence-electron chi connectivity index (χ0n) is 12.9. The van der Waals surface area contributed by atoms with Crippen LogP contribution in [0.4, 0.5) is 0 Å². The van der Waals surface area contributed by atoms with Crippen molar-refractivity contribution in [1.82, 2.24) is 15.1 Å². The van der Waals surface area contributed by atoms with Crippen LogP contribution in [0.25, 0.3) is 0 Å². The first-order chi connectivity index (χ1) is 9.09. The molecular weight excluding hydrogens is 238 g/mol. The summed E-state index contributed by atoms with van der Waals surface area (Å²) in [6, 6.07) is 0. The number of aliphatic hydroxyl groups excluding tert-OH is 1. The predicted molar refractivity (Wildman–Crippen MR) is 79.3 cm³/mol. The van der Waals surface area contributed by atoms with Crippen molar-refractivity contribution < 1.29 is 5.11 Å². The molecule has 0 aromatic carbocycles. The maximum atomic E-state index is 9.87. The van der Waals surface area contributed by atoms with Crippen LogP contribution in [0.2, 0.25) is 0 Å². The number of nitrogens with one attached hydrogen (secondary N) is 1. The van der Waals surface area contributed by atoms with Crippen LogP contribution in [0, 0.1) is 11.8 Å². The van der Waals surface area contributed by atoms with Gasteiger partial charge >= 0.3 is 0 Å². The Kier molecular flexibility index (Phi) is 5.23. The third-order valence-corrected chi connectivity index (χ3v) is 4.78. The summed E-state index contributed by atoms with van der Waals surface area (Å²) in [6.07, 6.45) is 3.86. The molecule has 4 heteroatoms. The Balaban J connectivity index is 1.85. The van der Waals surface area contributed by atoms with Gasteiger partial charge in [-0.3, -0.25) is 0 Å². The SMILES string of the molecule is CCNC(CO)(CN(C)CC1CCN(C)C1)C1CC1. The van der Waals surface area contributed by atoms with Gasteiger partial charge < -0.3 is 20.2 Å². The maximum Gasteiger partial charge on any atom is 0.0628 e. The molecule has 1 saturated carbocycles. The molecule has 19 heavy (non-hydrogen) atoms. The van der Waals surface area contributed by atoms with E-state index in [2.05, 4.69) is 36.1 Å². The van der Waals surface area contributed by atoms with Crippen molar-refractivity contribution in [2.75, 3.05) is 53.4 Å². The zero-order valence-corrected chi connectivity index (χ0v) is 12.9. The van der Waals surface area contributed by atoms with Crippen LogP contribution in [0.3, 0.4) is 0 Å². The molecule has 2 aliphatic rings. The second-order valence-electron chi connectivity index (χ2n) is 6.73. The molecule has 2 fully saturated rings. The monoisotopic (exact) mass is 269 g/mol. The molecule has 0 aromatic heterocycles. The number of aliphatic hydroxyl groups is 1. The first-order valence-electron chi connectivity index (χ1n) is 7.82. The van der Waals surface area contributed by atoms with Gasteiger partial charge in [-0.2, -0.15) is 0 Å². The van der Waals surface area contributed by atoms with Crippen molar-refractivity contribution in [2.24, 2.45) is 11.8 Å². The second-order valence-corrected chi connectivity index (χ2v) is 6.73. The highest BCUT2D eigenvalue weighted by atomic mass is 16.3. The molecule has 0 radical (unpaired) electrons. The van der Waals surface area contributed by atoms with E-state index in [1.54, 1.807) is 0 Å². The van der Waals surface area contributed by atoms with E-state index >= 15 is 0 Å². The molecular formula is C15H31N3O. The molecule has 2 atom stereocenters. The van der Waals surface area contributed by atoms with E-state index in [1.165, 1.54) is 32.4 Å². The van der Waals surface area contributed by atoms with Gasteiger partial charge in [-0.15, -0.1) is 0 Å². The fraction of sp³-hybridized carbons (Fsp3) is 1.00. The minimum absolute atomic E-state index is 0.0615. The van der Waals surface area contributed by atoms with Crippen LogP contribution < -0.4 is 5.32 Å². The van der Waals surface area contributed by atoms with E-state index in [-0.39, 0.29) is 12.1 Å². The Morgan fingerprint density at radius 3 is 2.58 bits per heavy atom. The molecule has 1 heterocycles. The summed E-state index contributed by atoms with van der Waals surface area (Å²) >= 11 is 0. The van der Waals surface area contributed by atoms with Gasteiger partial charge in [-0.1, -0.05) is 6.92 Å². The fourth-order valence-electron chi connectivity index (χ4n) is 3.71. The minimum Gasteiger partial charge on any atom is -0.394 e. The lowest BCUT2D eigenvalue weighted by atomic mass is 9.92. The first-order valence-corrected chi connectivity index (χ1v) is 7.82. The van der Waals surface area contributed by atoms with E-state index in [4.69, 9.17) is 0 Å². The van der Waals surface area contributed by atoms with Crippen LogP contribution in [-0.2, 0) is 0 Å². The summed E-state index contributed by atoms with van der Waals surface area (Å²) in [6.45, 7) is 7.93. The van der Waals surface area contributed by atoms with E-state index in [0.29, 0.717) is 5.92 Å². The number of likely N-dealkylation sites (N-methyl/N-ethyl adjacent to an activating group) is 2. The predicted octanol–water partition coefficient (Wildman–Crippen LogP) is 0.621. The van der Waals surface area contributed by atoms with Crippen molar-refractivity contribution in [3.8, 4) is 0 Å². The van der Waals surface area contributed by atoms with Crippen LogP contribution in [0.5, 0.6) is 0 Å². The van der Waals surface area contributed by atoms with Gasteiger partial charge in [-0.25, -0.2) is 0 Å². The maximum absolute atomic E-state index is 9.87. The summed E-state index contributed by atoms with van der Waals surface area (Å²) in [5.41, 5.74) is -0.0615. The van der Waals surface area contributed by atoms with Crippen molar-refractivity contribution in [3.63, 3.8) is 0 Å². The highest BCUT2D eigenvalue weighted by Gasteiger charge is 2.45. The van der Waals surface area contributed by atoms with E-state index in [0.717, 1.165) is 25.6 Å². The average Bonchev–Trinajstić information content (AvgIpc) is 3.14. The summed E-state index contributed by atoms with van der Waals surface area (Å²) in [5.74, 6) is 1.47. The first kappa shape index (κ1) is 15.2. The molecule has 112 valence electrons. The van der Waals surface area contributed by atoms with Gasteiger partial charge in [0, 0.05) is 19.6 Å². The second kappa shape index (κ2) is 6.53. The lowest BCUT2D eigenvalue weighted by molar-refractivity contribution is 0.0964. The summed E-state index contributed by atoms with van der Waals surface area (Å²) in [4.78, 5) is 4.85. The molecule has 4 nitrogen and oxygen atoms in total. The molecule has 2 N–H and O–H groups in total. The third kappa shape index (κ3) is 3.91. The quantitative estimate of drug-likeness (QED) is 0.678. The van der Waals surface area contributed by atoms with Gasteiger partial charge in [-0.05, 0) is 58.3 Å². The largest absolute Gasteiger partial charge is 0.394 e. The number of rotatable bonds is 8. The highest BCUT2D eigenvalue weighted by Crippen LogP contribution is 2.40. The molecule has 0 aromatic rings. The van der Waals surface area contributed by atoms with Crippen molar-refractivity contribution >= 4 is 0 Å². The van der Waals surface area contributed by atoms with E-state index in [9.17, 15) is 5.11 Å². The van der Waals surface area contributed by atoms with E-state index < -0.39 is 0 Å². The number of hydrogen-bond donors (Lipinski definition) is 2. The van der Waals surface area contributed by atoms with Crippen molar-refractivity contribution in [1.29, 1.82) is 0 Å². The molecule has 2 rings (SSSR count). The molecule has 1 saturated heterocycles. The highest BCUT2D eigenvalue weighted by molar-refractivity contribution is 5.02. The van der Waals surface area contributed by atoms with Crippen LogP contribution in [0.15, 0.2) is 0 Å². The molecule has 0 spiro atoms. The molecule has 0 bridgehead atoms. The Labute approximate surface area is 118 Å². The number of nitrogens with zero attached hydrogens (tertiary/aromatic N) is 2. The molecule has 2 unspecified atom stereocenters. The molecule has 0 amide bonds. The fourth-order valence-corrected chi connectivity index (χ4v) is 3.71. The lowest BCUT2D eigenvalue weighted by Crippen LogP contribution is -2.57. The van der Waals surface area contributed by atoms with Gasteiger partial charge in [0.25, 0.3) is 0 Å². The Bertz CT molecular complexity index is 283. The molecule has 1 aliphatic heterocycles. The Morgan fingerprint density at radius 2 is 2.11 bits per heavy atom. The van der Waals surface area contributed by atoms with Crippen LogP contribution in [0.1, 0.15) is 26.2 Å². The van der Waals surface area contributed by atoms with E-state index in [1.807, 2.05) is 0 Å². The van der Waals surface area contributed by atoms with Gasteiger partial charge in [0.2, 0.25) is 0 Å². The van der Waals surface area contributed by atoms with Crippen molar-refractivity contribution in [3.05, 3.63) is 0 Å². The Hall–Kier alpha value is -0.160. The molecule has 1 aliphatic carbocycles. The zero-order chi connectivity index (χ0) is 13.9. The minimum atomic E-state index is -0.0615. The van der Waals surface area contributed by atoms with Gasteiger partial charge in [0.1, 0.15) is 0 Å². The standard InChI is InChI=1S/C15H31N3O/c1-4-16-15(12-19,14-5-6-14)11-18(3)10-13-7-8-17(2)9-13/h13-14,16,19H,4-12H2,1-3H3. The lowest BCUT2D eigenvalue weighted by Gasteiger charge is -2.37. The van der Waals surface area contributed by atoms with Crippen LogP contribution >= 0.6 is 0 Å². The smallest absolute Gasteiger partial charge is 0.0628 e. The topological polar surface area (TPSA) is 38.7 Å². The van der Waals surface area contributed by atoms with Crippen LogP contribution in [-0.4, -0.2) is 73.9 Å². The Morgan fingerprint density at radius 1 is 1.37 bits per heavy atom. The van der Waals surface area contributed by atoms with Gasteiger partial charge in [0.05, 0.1) is 12.1 Å².